The maximum atomic E-state index is 12.6. The monoisotopic (exact) mass is 423 g/mol. The van der Waals surface area contributed by atoms with Gasteiger partial charge < -0.3 is 14.4 Å². The SMILES string of the molecule is CCOc1ccc(/C=C/C(=O)OCC(=O)N(CC(C)C)[C@@H]2CCS(=O)(=O)C2)cc1. The van der Waals surface area contributed by atoms with E-state index in [4.69, 9.17) is 9.47 Å². The molecule has 1 heterocycles. The van der Waals surface area contributed by atoms with E-state index in [2.05, 4.69) is 0 Å². The fourth-order valence-electron chi connectivity index (χ4n) is 3.14. The van der Waals surface area contributed by atoms with E-state index in [1.165, 1.54) is 6.08 Å². The average molecular weight is 424 g/mol. The second-order valence-electron chi connectivity index (χ2n) is 7.44. The van der Waals surface area contributed by atoms with Gasteiger partial charge in [-0.1, -0.05) is 26.0 Å². The first kappa shape index (κ1) is 22.9. The number of carbonyl (C=O) groups excluding carboxylic acids is 2. The van der Waals surface area contributed by atoms with Crippen LogP contribution in [0.5, 0.6) is 5.75 Å². The quantitative estimate of drug-likeness (QED) is 0.447. The van der Waals surface area contributed by atoms with Crippen molar-refractivity contribution in [2.24, 2.45) is 5.92 Å². The highest BCUT2D eigenvalue weighted by Crippen LogP contribution is 2.19. The van der Waals surface area contributed by atoms with Crippen LogP contribution in [0.1, 0.15) is 32.8 Å². The zero-order valence-corrected chi connectivity index (χ0v) is 18.0. The maximum Gasteiger partial charge on any atom is 0.331 e. The predicted octanol–water partition coefficient (Wildman–Crippen LogP) is 2.31. The van der Waals surface area contributed by atoms with E-state index in [0.717, 1.165) is 11.3 Å². The fraction of sp³-hybridized carbons (Fsp3) is 0.524. The van der Waals surface area contributed by atoms with Crippen LogP contribution in [0.2, 0.25) is 0 Å². The number of hydrogen-bond donors (Lipinski definition) is 0. The summed E-state index contributed by atoms with van der Waals surface area (Å²) in [7, 11) is -3.11. The minimum absolute atomic E-state index is 0.0307. The summed E-state index contributed by atoms with van der Waals surface area (Å²) in [6.07, 6.45) is 3.28. The first-order valence-electron chi connectivity index (χ1n) is 9.77. The van der Waals surface area contributed by atoms with Crippen molar-refractivity contribution >= 4 is 27.8 Å². The number of rotatable bonds is 9. The first-order valence-corrected chi connectivity index (χ1v) is 11.6. The lowest BCUT2D eigenvalue weighted by Gasteiger charge is -2.29. The van der Waals surface area contributed by atoms with Gasteiger partial charge in [0.1, 0.15) is 5.75 Å². The maximum absolute atomic E-state index is 12.6. The van der Waals surface area contributed by atoms with Gasteiger partial charge in [0, 0.05) is 18.7 Å². The van der Waals surface area contributed by atoms with Gasteiger partial charge in [0.25, 0.3) is 5.91 Å². The zero-order chi connectivity index (χ0) is 21.4. The van der Waals surface area contributed by atoms with Crippen molar-refractivity contribution in [3.63, 3.8) is 0 Å². The topological polar surface area (TPSA) is 90.0 Å². The van der Waals surface area contributed by atoms with Crippen LogP contribution in [0.3, 0.4) is 0 Å². The summed E-state index contributed by atoms with van der Waals surface area (Å²) in [5, 5.41) is 0. The van der Waals surface area contributed by atoms with Crippen LogP contribution in [0, 0.1) is 5.92 Å². The zero-order valence-electron chi connectivity index (χ0n) is 17.2. The third kappa shape index (κ3) is 7.53. The number of benzene rings is 1. The lowest BCUT2D eigenvalue weighted by molar-refractivity contribution is -0.149. The summed E-state index contributed by atoms with van der Waals surface area (Å²) < 4.78 is 33.9. The highest BCUT2D eigenvalue weighted by molar-refractivity contribution is 7.91. The standard InChI is InChI=1S/C21H29NO6S/c1-4-27-19-8-5-17(6-9-19)7-10-21(24)28-14-20(23)22(13-16(2)3)18-11-12-29(25,26)15-18/h5-10,16,18H,4,11-15H2,1-3H3/b10-7+/t18-/m1/s1. The summed E-state index contributed by atoms with van der Waals surface area (Å²) in [4.78, 5) is 26.1. The smallest absolute Gasteiger partial charge is 0.331 e. The highest BCUT2D eigenvalue weighted by atomic mass is 32.2. The molecule has 0 saturated carbocycles. The average Bonchev–Trinajstić information content (AvgIpc) is 3.03. The van der Waals surface area contributed by atoms with Gasteiger partial charge in [-0.25, -0.2) is 13.2 Å². The largest absolute Gasteiger partial charge is 0.494 e. The van der Waals surface area contributed by atoms with Crippen LogP contribution in [0.25, 0.3) is 6.08 Å². The molecule has 1 fully saturated rings. The van der Waals surface area contributed by atoms with Gasteiger partial charge >= 0.3 is 5.97 Å². The summed E-state index contributed by atoms with van der Waals surface area (Å²) in [6.45, 7) is 6.41. The molecular weight excluding hydrogens is 394 g/mol. The molecule has 160 valence electrons. The van der Waals surface area contributed by atoms with Gasteiger partial charge in [0.05, 0.1) is 18.1 Å². The molecule has 1 amide bonds. The van der Waals surface area contributed by atoms with Crippen LogP contribution < -0.4 is 4.74 Å². The summed E-state index contributed by atoms with van der Waals surface area (Å²) >= 11 is 0. The third-order valence-electron chi connectivity index (χ3n) is 4.47. The molecule has 1 aliphatic heterocycles. The Morgan fingerprint density at radius 3 is 2.48 bits per heavy atom. The van der Waals surface area contributed by atoms with Gasteiger partial charge in [-0.05, 0) is 43.0 Å². The molecule has 0 N–H and O–H groups in total. The van der Waals surface area contributed by atoms with E-state index in [0.29, 0.717) is 19.6 Å². The van der Waals surface area contributed by atoms with E-state index in [9.17, 15) is 18.0 Å². The Balaban J connectivity index is 1.90. The number of amides is 1. The number of ether oxygens (including phenoxy) is 2. The van der Waals surface area contributed by atoms with Gasteiger partial charge in [0.15, 0.2) is 16.4 Å². The fourth-order valence-corrected chi connectivity index (χ4v) is 4.87. The molecule has 0 spiro atoms. The molecule has 1 saturated heterocycles. The van der Waals surface area contributed by atoms with Gasteiger partial charge in [0.2, 0.25) is 0 Å². The normalized spacial score (nSPS) is 18.1. The molecular formula is C21H29NO6S. The van der Waals surface area contributed by atoms with Crippen LogP contribution in [-0.4, -0.2) is 62.5 Å². The number of carbonyl (C=O) groups is 2. The second kappa shape index (κ2) is 10.4. The van der Waals surface area contributed by atoms with Crippen molar-refractivity contribution in [2.45, 2.75) is 33.2 Å². The number of sulfone groups is 1. The van der Waals surface area contributed by atoms with Gasteiger partial charge in [-0.15, -0.1) is 0 Å². The lowest BCUT2D eigenvalue weighted by atomic mass is 10.1. The molecule has 1 aliphatic rings. The van der Waals surface area contributed by atoms with Crippen molar-refractivity contribution in [3.05, 3.63) is 35.9 Å². The Kier molecular flexibility index (Phi) is 8.25. The summed E-state index contributed by atoms with van der Waals surface area (Å²) in [5.41, 5.74) is 0.800. The Labute approximate surface area is 172 Å². The summed E-state index contributed by atoms with van der Waals surface area (Å²) in [6, 6.07) is 6.87. The predicted molar refractivity (Wildman–Crippen MR) is 111 cm³/mol. The third-order valence-corrected chi connectivity index (χ3v) is 6.22. The molecule has 1 aromatic carbocycles. The number of esters is 1. The number of hydrogen-bond acceptors (Lipinski definition) is 6. The molecule has 2 rings (SSSR count). The molecule has 29 heavy (non-hydrogen) atoms. The molecule has 0 bridgehead atoms. The minimum Gasteiger partial charge on any atom is -0.494 e. The van der Waals surface area contributed by atoms with E-state index in [1.807, 2.05) is 32.9 Å². The van der Waals surface area contributed by atoms with E-state index >= 15 is 0 Å². The molecule has 7 nitrogen and oxygen atoms in total. The van der Waals surface area contributed by atoms with Crippen LogP contribution >= 0.6 is 0 Å². The lowest BCUT2D eigenvalue weighted by Crippen LogP contribution is -2.45. The molecule has 1 aromatic rings. The van der Waals surface area contributed by atoms with E-state index in [1.54, 1.807) is 23.1 Å². The number of nitrogens with zero attached hydrogens (tertiary/aromatic N) is 1. The highest BCUT2D eigenvalue weighted by Gasteiger charge is 2.35. The van der Waals surface area contributed by atoms with Crippen LogP contribution in [-0.2, 0) is 24.2 Å². The van der Waals surface area contributed by atoms with Gasteiger partial charge in [-0.2, -0.15) is 0 Å². The summed E-state index contributed by atoms with van der Waals surface area (Å²) in [5.74, 6) is -0.0183. The van der Waals surface area contributed by atoms with Gasteiger partial charge in [-0.3, -0.25) is 4.79 Å². The molecule has 0 aromatic heterocycles. The van der Waals surface area contributed by atoms with E-state index < -0.39 is 22.4 Å². The Morgan fingerprint density at radius 2 is 1.93 bits per heavy atom. The van der Waals surface area contributed by atoms with Crippen molar-refractivity contribution in [2.75, 3.05) is 31.3 Å². The van der Waals surface area contributed by atoms with Crippen molar-refractivity contribution < 1.29 is 27.5 Å². The molecule has 0 radical (unpaired) electrons. The Bertz CT molecular complexity index is 829. The minimum atomic E-state index is -3.11. The first-order chi connectivity index (χ1) is 13.7. The van der Waals surface area contributed by atoms with Crippen LogP contribution in [0.4, 0.5) is 0 Å². The molecule has 1 atom stereocenters. The molecule has 8 heteroatoms. The van der Waals surface area contributed by atoms with Crippen LogP contribution in [0.15, 0.2) is 30.3 Å². The Morgan fingerprint density at radius 1 is 1.24 bits per heavy atom. The Hall–Kier alpha value is -2.35. The van der Waals surface area contributed by atoms with E-state index in [-0.39, 0.29) is 29.4 Å². The molecule has 0 aliphatic carbocycles. The molecule has 0 unspecified atom stereocenters. The van der Waals surface area contributed by atoms with Crippen molar-refractivity contribution in [1.29, 1.82) is 0 Å². The van der Waals surface area contributed by atoms with Crippen molar-refractivity contribution in [1.82, 2.24) is 4.90 Å². The van der Waals surface area contributed by atoms with Crippen molar-refractivity contribution in [3.8, 4) is 5.75 Å². The second-order valence-corrected chi connectivity index (χ2v) is 9.67.